The number of aryl methyl sites for hydroxylation is 1. The predicted octanol–water partition coefficient (Wildman–Crippen LogP) is 3.72. The van der Waals surface area contributed by atoms with Crippen molar-refractivity contribution in [2.75, 3.05) is 13.1 Å². The van der Waals surface area contributed by atoms with Gasteiger partial charge in [-0.3, -0.25) is 4.79 Å². The molecule has 2 heterocycles. The molecule has 0 unspecified atom stereocenters. The fraction of sp³-hybridized carbons (Fsp3) is 0.208. The van der Waals surface area contributed by atoms with Crippen molar-refractivity contribution in [2.45, 2.75) is 24.5 Å². The normalized spacial score (nSPS) is 17.8. The number of aromatic nitrogens is 1. The molecule has 1 aromatic heterocycles. The third-order valence-corrected chi connectivity index (χ3v) is 7.56. The molecule has 1 aliphatic heterocycles. The number of sulfonamides is 1. The second kappa shape index (κ2) is 7.51. The quantitative estimate of drug-likeness (QED) is 0.459. The van der Waals surface area contributed by atoms with Crippen LogP contribution >= 0.6 is 0 Å². The smallest absolute Gasteiger partial charge is 0.321 e. The van der Waals surface area contributed by atoms with Crippen LogP contribution in [-0.2, 0) is 26.1 Å². The van der Waals surface area contributed by atoms with Crippen LogP contribution in [0.1, 0.15) is 5.56 Å². The van der Waals surface area contributed by atoms with Crippen molar-refractivity contribution in [3.8, 4) is 0 Å². The lowest BCUT2D eigenvalue weighted by Gasteiger charge is -2.31. The van der Waals surface area contributed by atoms with Gasteiger partial charge >= 0.3 is 5.97 Å². The summed E-state index contributed by atoms with van der Waals surface area (Å²) in [6.45, 7) is 2.11. The molecule has 158 valence electrons. The summed E-state index contributed by atoms with van der Waals surface area (Å²) >= 11 is 0. The fourth-order valence-corrected chi connectivity index (χ4v) is 5.65. The molecule has 0 spiro atoms. The molecule has 7 heteroatoms. The molecule has 0 amide bonds. The number of esters is 1. The molecular weight excluding hydrogens is 412 g/mol. The molecule has 0 N–H and O–H groups in total. The third kappa shape index (κ3) is 3.49. The third-order valence-electron chi connectivity index (χ3n) is 5.74. The lowest BCUT2D eigenvalue weighted by molar-refractivity contribution is -0.155. The second-order valence-electron chi connectivity index (χ2n) is 7.87. The van der Waals surface area contributed by atoms with Crippen molar-refractivity contribution < 1.29 is 17.9 Å². The van der Waals surface area contributed by atoms with Crippen LogP contribution in [0, 0.1) is 6.92 Å². The summed E-state index contributed by atoms with van der Waals surface area (Å²) in [5, 5.41) is 2.23. The van der Waals surface area contributed by atoms with Gasteiger partial charge in [-0.2, -0.15) is 4.31 Å². The monoisotopic (exact) mass is 434 g/mol. The standard InChI is InChI=1S/C24H22N2O4S/c1-17-10-12-19(13-11-17)31(28,29)25-14-18(30-24(27)16-25)15-26-22-8-4-2-6-20(22)21-7-3-5-9-23(21)26/h2-13,18H,14-16H2,1H3/t18-/m1/s1. The molecule has 1 atom stereocenters. The Morgan fingerprint density at radius 1 is 0.903 bits per heavy atom. The summed E-state index contributed by atoms with van der Waals surface area (Å²) < 4.78 is 35.2. The van der Waals surface area contributed by atoms with Gasteiger partial charge in [0, 0.05) is 21.8 Å². The van der Waals surface area contributed by atoms with E-state index in [2.05, 4.69) is 16.7 Å². The van der Waals surface area contributed by atoms with Gasteiger partial charge in [0.15, 0.2) is 0 Å². The molecule has 0 aliphatic carbocycles. The molecule has 1 saturated heterocycles. The van der Waals surface area contributed by atoms with Crippen molar-refractivity contribution in [3.05, 3.63) is 78.4 Å². The topological polar surface area (TPSA) is 68.6 Å². The van der Waals surface area contributed by atoms with E-state index in [0.717, 1.165) is 27.4 Å². The zero-order valence-corrected chi connectivity index (χ0v) is 17.9. The van der Waals surface area contributed by atoms with Crippen molar-refractivity contribution >= 4 is 37.8 Å². The van der Waals surface area contributed by atoms with Crippen molar-refractivity contribution in [1.82, 2.24) is 8.87 Å². The van der Waals surface area contributed by atoms with E-state index in [1.807, 2.05) is 43.3 Å². The lowest BCUT2D eigenvalue weighted by Crippen LogP contribution is -2.49. The number of hydrogen-bond acceptors (Lipinski definition) is 4. The number of para-hydroxylation sites is 2. The van der Waals surface area contributed by atoms with Crippen molar-refractivity contribution in [2.24, 2.45) is 0 Å². The number of nitrogens with zero attached hydrogens (tertiary/aromatic N) is 2. The van der Waals surface area contributed by atoms with Crippen molar-refractivity contribution in [1.29, 1.82) is 0 Å². The zero-order chi connectivity index (χ0) is 21.6. The second-order valence-corrected chi connectivity index (χ2v) is 9.81. The Hall–Kier alpha value is -3.16. The maximum atomic E-state index is 13.1. The molecular formula is C24H22N2O4S. The zero-order valence-electron chi connectivity index (χ0n) is 17.1. The number of rotatable bonds is 4. The van der Waals surface area contributed by atoms with E-state index in [-0.39, 0.29) is 18.0 Å². The minimum Gasteiger partial charge on any atom is -0.458 e. The Bertz CT molecular complexity index is 1340. The van der Waals surface area contributed by atoms with E-state index in [0.29, 0.717) is 6.54 Å². The number of hydrogen-bond donors (Lipinski definition) is 0. The molecule has 0 saturated carbocycles. The molecule has 1 aliphatic rings. The van der Waals surface area contributed by atoms with Gasteiger partial charge in [0.05, 0.1) is 18.0 Å². The van der Waals surface area contributed by atoms with E-state index in [1.54, 1.807) is 24.3 Å². The van der Waals surface area contributed by atoms with Gasteiger partial charge in [-0.15, -0.1) is 0 Å². The first kappa shape index (κ1) is 19.8. The maximum Gasteiger partial charge on any atom is 0.321 e. The molecule has 31 heavy (non-hydrogen) atoms. The number of fused-ring (bicyclic) bond motifs is 3. The average molecular weight is 435 g/mol. The molecule has 4 aromatic rings. The van der Waals surface area contributed by atoms with E-state index < -0.39 is 22.1 Å². The van der Waals surface area contributed by atoms with E-state index in [4.69, 9.17) is 4.74 Å². The van der Waals surface area contributed by atoms with Crippen LogP contribution in [0.3, 0.4) is 0 Å². The molecule has 0 radical (unpaired) electrons. The van der Waals surface area contributed by atoms with Gasteiger partial charge < -0.3 is 9.30 Å². The van der Waals surface area contributed by atoms with Gasteiger partial charge in [-0.25, -0.2) is 8.42 Å². The number of carbonyl (C=O) groups excluding carboxylic acids is 1. The number of carbonyl (C=O) groups is 1. The summed E-state index contributed by atoms with van der Waals surface area (Å²) in [7, 11) is -3.79. The summed E-state index contributed by atoms with van der Waals surface area (Å²) in [5.41, 5.74) is 3.03. The lowest BCUT2D eigenvalue weighted by atomic mass is 10.2. The predicted molar refractivity (Wildman–Crippen MR) is 119 cm³/mol. The molecule has 0 bridgehead atoms. The summed E-state index contributed by atoms with van der Waals surface area (Å²) in [6, 6.07) is 22.8. The Morgan fingerprint density at radius 3 is 2.10 bits per heavy atom. The number of cyclic esters (lactones) is 1. The van der Waals surface area contributed by atoms with Crippen LogP contribution < -0.4 is 0 Å². The SMILES string of the molecule is Cc1ccc(S(=O)(=O)N2CC(=O)O[C@@H](Cn3c4ccccc4c4ccccc43)C2)cc1. The van der Waals surface area contributed by atoms with Crippen LogP contribution in [0.5, 0.6) is 0 Å². The average Bonchev–Trinajstić information content (AvgIpc) is 3.08. The van der Waals surface area contributed by atoms with Gasteiger partial charge in [0.25, 0.3) is 0 Å². The van der Waals surface area contributed by atoms with Crippen molar-refractivity contribution in [3.63, 3.8) is 0 Å². The van der Waals surface area contributed by atoms with E-state index in [9.17, 15) is 13.2 Å². The van der Waals surface area contributed by atoms with E-state index in [1.165, 1.54) is 4.31 Å². The van der Waals surface area contributed by atoms with Crippen LogP contribution in [0.2, 0.25) is 0 Å². The first-order chi connectivity index (χ1) is 14.9. The summed E-state index contributed by atoms with van der Waals surface area (Å²) in [6.07, 6.45) is -0.583. The fourth-order valence-electron chi connectivity index (χ4n) is 4.24. The largest absolute Gasteiger partial charge is 0.458 e. The highest BCUT2D eigenvalue weighted by molar-refractivity contribution is 7.89. The molecule has 6 nitrogen and oxygen atoms in total. The molecule has 1 fully saturated rings. The first-order valence-electron chi connectivity index (χ1n) is 10.2. The highest BCUT2D eigenvalue weighted by Gasteiger charge is 2.35. The maximum absolute atomic E-state index is 13.1. The minimum absolute atomic E-state index is 0.114. The number of ether oxygens (including phenoxy) is 1. The number of benzene rings is 3. The van der Waals surface area contributed by atoms with Gasteiger partial charge in [0.1, 0.15) is 12.6 Å². The Labute approximate surface area is 180 Å². The number of morpholine rings is 1. The van der Waals surface area contributed by atoms with Crippen LogP contribution in [0.25, 0.3) is 21.8 Å². The highest BCUT2D eigenvalue weighted by Crippen LogP contribution is 2.30. The first-order valence-corrected chi connectivity index (χ1v) is 11.6. The Morgan fingerprint density at radius 2 is 1.48 bits per heavy atom. The van der Waals surface area contributed by atoms with Crippen LogP contribution in [0.4, 0.5) is 0 Å². The molecule has 3 aromatic carbocycles. The Kier molecular flexibility index (Phi) is 4.79. The van der Waals surface area contributed by atoms with E-state index >= 15 is 0 Å². The molecule has 5 rings (SSSR count). The summed E-state index contributed by atoms with van der Waals surface area (Å²) in [4.78, 5) is 12.5. The van der Waals surface area contributed by atoms with Gasteiger partial charge in [-0.1, -0.05) is 54.1 Å². The van der Waals surface area contributed by atoms with Gasteiger partial charge in [0.2, 0.25) is 10.0 Å². The van der Waals surface area contributed by atoms with Crippen LogP contribution in [-0.4, -0.2) is 42.5 Å². The van der Waals surface area contributed by atoms with Crippen LogP contribution in [0.15, 0.2) is 77.7 Å². The van der Waals surface area contributed by atoms with Gasteiger partial charge in [-0.05, 0) is 31.2 Å². The summed E-state index contributed by atoms with van der Waals surface area (Å²) in [5.74, 6) is -0.535. The Balaban J connectivity index is 1.49. The highest BCUT2D eigenvalue weighted by atomic mass is 32.2. The minimum atomic E-state index is -3.79.